The third-order valence-corrected chi connectivity index (χ3v) is 1.42. The molecule has 1 aromatic heterocycles. The maximum absolute atomic E-state index is 11.0. The van der Waals surface area contributed by atoms with Crippen molar-refractivity contribution in [3.05, 3.63) is 23.2 Å². The van der Waals surface area contributed by atoms with Gasteiger partial charge in [0.15, 0.2) is 0 Å². The van der Waals surface area contributed by atoms with E-state index in [1.54, 1.807) is 19.9 Å². The van der Waals surface area contributed by atoms with Crippen molar-refractivity contribution in [2.75, 3.05) is 0 Å². The molecule has 0 saturated carbocycles. The van der Waals surface area contributed by atoms with E-state index in [0.29, 0.717) is 17.1 Å². The number of ketones is 1. The summed E-state index contributed by atoms with van der Waals surface area (Å²) in [7, 11) is 0. The standard InChI is InChI=1S/C9H8O2/c1-4-9(10)8-5-6(2)11-7(8)3/h1,5H,2-3H3. The van der Waals surface area contributed by atoms with Gasteiger partial charge in [0.25, 0.3) is 0 Å². The highest BCUT2D eigenvalue weighted by Gasteiger charge is 2.09. The lowest BCUT2D eigenvalue weighted by Crippen LogP contribution is -1.93. The molecule has 0 aliphatic carbocycles. The summed E-state index contributed by atoms with van der Waals surface area (Å²) >= 11 is 0. The Kier molecular flexibility index (Phi) is 1.82. The van der Waals surface area contributed by atoms with Crippen LogP contribution in [0.3, 0.4) is 0 Å². The van der Waals surface area contributed by atoms with Crippen LogP contribution in [0.4, 0.5) is 0 Å². The number of hydrogen-bond donors (Lipinski definition) is 0. The maximum Gasteiger partial charge on any atom is 0.239 e. The number of terminal acetylenes is 1. The van der Waals surface area contributed by atoms with Crippen LogP contribution in [-0.4, -0.2) is 5.78 Å². The van der Waals surface area contributed by atoms with Crippen molar-refractivity contribution in [2.45, 2.75) is 13.8 Å². The largest absolute Gasteiger partial charge is 0.466 e. The molecule has 0 aliphatic heterocycles. The molecule has 0 amide bonds. The van der Waals surface area contributed by atoms with Crippen molar-refractivity contribution < 1.29 is 9.21 Å². The van der Waals surface area contributed by atoms with Gasteiger partial charge in [0.2, 0.25) is 5.78 Å². The zero-order valence-corrected chi connectivity index (χ0v) is 6.47. The van der Waals surface area contributed by atoms with Crippen LogP contribution in [0.5, 0.6) is 0 Å². The molecular weight excluding hydrogens is 140 g/mol. The summed E-state index contributed by atoms with van der Waals surface area (Å²) in [6.07, 6.45) is 4.94. The maximum atomic E-state index is 11.0. The Balaban J connectivity index is 3.15. The highest BCUT2D eigenvalue weighted by molar-refractivity contribution is 6.09. The van der Waals surface area contributed by atoms with E-state index < -0.39 is 0 Å². The van der Waals surface area contributed by atoms with Crippen LogP contribution in [0.25, 0.3) is 0 Å². The molecule has 2 heteroatoms. The second-order valence-corrected chi connectivity index (χ2v) is 2.30. The first kappa shape index (κ1) is 7.62. The smallest absolute Gasteiger partial charge is 0.239 e. The average Bonchev–Trinajstić information content (AvgIpc) is 2.28. The van der Waals surface area contributed by atoms with E-state index in [9.17, 15) is 4.79 Å². The summed E-state index contributed by atoms with van der Waals surface area (Å²) in [4.78, 5) is 11.0. The molecule has 0 radical (unpaired) electrons. The van der Waals surface area contributed by atoms with Crippen LogP contribution in [0.15, 0.2) is 10.5 Å². The molecule has 0 unspecified atom stereocenters. The number of hydrogen-bond acceptors (Lipinski definition) is 2. The van der Waals surface area contributed by atoms with Gasteiger partial charge in [-0.2, -0.15) is 0 Å². The van der Waals surface area contributed by atoms with Crippen LogP contribution in [0.2, 0.25) is 0 Å². The summed E-state index contributed by atoms with van der Waals surface area (Å²) in [6, 6.07) is 1.65. The lowest BCUT2D eigenvalue weighted by Gasteiger charge is -1.85. The van der Waals surface area contributed by atoms with Gasteiger partial charge in [-0.25, -0.2) is 0 Å². The first-order valence-corrected chi connectivity index (χ1v) is 3.23. The van der Waals surface area contributed by atoms with Crippen molar-refractivity contribution in [1.29, 1.82) is 0 Å². The Labute approximate surface area is 65.2 Å². The molecule has 1 heterocycles. The fraction of sp³-hybridized carbons (Fsp3) is 0.222. The van der Waals surface area contributed by atoms with Crippen molar-refractivity contribution in [2.24, 2.45) is 0 Å². The van der Waals surface area contributed by atoms with Crippen molar-refractivity contribution in [3.8, 4) is 12.3 Å². The number of furan rings is 1. The van der Waals surface area contributed by atoms with E-state index in [2.05, 4.69) is 0 Å². The van der Waals surface area contributed by atoms with E-state index in [-0.39, 0.29) is 5.78 Å². The monoisotopic (exact) mass is 148 g/mol. The average molecular weight is 148 g/mol. The van der Waals surface area contributed by atoms with Gasteiger partial charge < -0.3 is 4.42 Å². The highest BCUT2D eigenvalue weighted by atomic mass is 16.3. The first-order chi connectivity index (χ1) is 5.15. The van der Waals surface area contributed by atoms with E-state index in [1.165, 1.54) is 0 Å². The normalized spacial score (nSPS) is 9.18. The summed E-state index contributed by atoms with van der Waals surface area (Å²) < 4.78 is 5.12. The Morgan fingerprint density at radius 3 is 2.64 bits per heavy atom. The van der Waals surface area contributed by atoms with Crippen LogP contribution < -0.4 is 0 Å². The van der Waals surface area contributed by atoms with E-state index in [1.807, 2.05) is 5.92 Å². The molecule has 0 N–H and O–H groups in total. The molecule has 2 nitrogen and oxygen atoms in total. The summed E-state index contributed by atoms with van der Waals surface area (Å²) in [5, 5.41) is 0. The van der Waals surface area contributed by atoms with E-state index in [4.69, 9.17) is 10.8 Å². The number of carbonyl (C=O) groups is 1. The fourth-order valence-electron chi connectivity index (χ4n) is 0.934. The summed E-state index contributed by atoms with van der Waals surface area (Å²) in [6.45, 7) is 3.50. The zero-order chi connectivity index (χ0) is 8.43. The highest BCUT2D eigenvalue weighted by Crippen LogP contribution is 2.13. The minimum atomic E-state index is -0.320. The van der Waals surface area contributed by atoms with Gasteiger partial charge in [0, 0.05) is 0 Å². The van der Waals surface area contributed by atoms with Crippen molar-refractivity contribution in [3.63, 3.8) is 0 Å². The lowest BCUT2D eigenvalue weighted by molar-refractivity contribution is 0.105. The minimum Gasteiger partial charge on any atom is -0.466 e. The summed E-state index contributed by atoms with van der Waals surface area (Å²) in [5.41, 5.74) is 0.491. The van der Waals surface area contributed by atoms with Gasteiger partial charge in [-0.05, 0) is 25.8 Å². The molecule has 0 aliphatic rings. The minimum absolute atomic E-state index is 0.320. The second kappa shape index (κ2) is 2.63. The van der Waals surface area contributed by atoms with Gasteiger partial charge in [0.05, 0.1) is 5.56 Å². The number of rotatable bonds is 1. The first-order valence-electron chi connectivity index (χ1n) is 3.23. The molecule has 0 aromatic carbocycles. The predicted octanol–water partition coefficient (Wildman–Crippen LogP) is 1.71. The van der Waals surface area contributed by atoms with Crippen LogP contribution >= 0.6 is 0 Å². The molecular formula is C9H8O2. The van der Waals surface area contributed by atoms with Gasteiger partial charge in [-0.1, -0.05) is 0 Å². The van der Waals surface area contributed by atoms with Crippen LogP contribution in [-0.2, 0) is 0 Å². The Hall–Kier alpha value is -1.49. The van der Waals surface area contributed by atoms with E-state index >= 15 is 0 Å². The van der Waals surface area contributed by atoms with Gasteiger partial charge in [0.1, 0.15) is 11.5 Å². The topological polar surface area (TPSA) is 30.2 Å². The van der Waals surface area contributed by atoms with Gasteiger partial charge >= 0.3 is 0 Å². The van der Waals surface area contributed by atoms with Crippen LogP contribution in [0, 0.1) is 26.2 Å². The lowest BCUT2D eigenvalue weighted by atomic mass is 10.2. The Morgan fingerprint density at radius 1 is 1.64 bits per heavy atom. The third kappa shape index (κ3) is 1.32. The van der Waals surface area contributed by atoms with Gasteiger partial charge in [-0.15, -0.1) is 6.42 Å². The summed E-state index contributed by atoms with van der Waals surface area (Å²) in [5.74, 6) is 3.01. The molecule has 0 spiro atoms. The predicted molar refractivity (Wildman–Crippen MR) is 41.3 cm³/mol. The molecule has 0 bridgehead atoms. The SMILES string of the molecule is C#CC(=O)c1cc(C)oc1C. The third-order valence-electron chi connectivity index (χ3n) is 1.42. The Bertz CT molecular complexity index is 326. The molecule has 11 heavy (non-hydrogen) atoms. The van der Waals surface area contributed by atoms with Crippen molar-refractivity contribution >= 4 is 5.78 Å². The Morgan fingerprint density at radius 2 is 2.27 bits per heavy atom. The molecule has 56 valence electrons. The number of carbonyl (C=O) groups excluding carboxylic acids is 1. The second-order valence-electron chi connectivity index (χ2n) is 2.30. The molecule has 1 aromatic rings. The zero-order valence-electron chi connectivity index (χ0n) is 6.47. The fourth-order valence-corrected chi connectivity index (χ4v) is 0.934. The molecule has 0 atom stereocenters. The molecule has 0 fully saturated rings. The van der Waals surface area contributed by atoms with Crippen molar-refractivity contribution in [1.82, 2.24) is 0 Å². The number of aryl methyl sites for hydroxylation is 2. The number of Topliss-reactive ketones (excluding diaryl/α,β-unsaturated/α-hetero) is 1. The molecule has 0 saturated heterocycles. The molecule has 1 rings (SSSR count). The van der Waals surface area contributed by atoms with Gasteiger partial charge in [-0.3, -0.25) is 4.79 Å². The quantitative estimate of drug-likeness (QED) is 0.345. The van der Waals surface area contributed by atoms with Crippen LogP contribution in [0.1, 0.15) is 21.9 Å². The van der Waals surface area contributed by atoms with E-state index in [0.717, 1.165) is 0 Å².